The zero-order chi connectivity index (χ0) is 13.9. The Kier molecular flexibility index (Phi) is 5.82. The molecule has 0 saturated carbocycles. The van der Waals surface area contributed by atoms with E-state index in [1.165, 1.54) is 0 Å². The molecule has 0 aromatic heterocycles. The van der Waals surface area contributed by atoms with Gasteiger partial charge in [0.1, 0.15) is 0 Å². The van der Waals surface area contributed by atoms with Crippen LogP contribution in [0.3, 0.4) is 0 Å². The molecule has 1 rings (SSSR count). The molecular weight excluding hydrogens is 360 g/mol. The van der Waals surface area contributed by atoms with Crippen molar-refractivity contribution in [3.63, 3.8) is 0 Å². The summed E-state index contributed by atoms with van der Waals surface area (Å²) in [6.45, 7) is 5.99. The monoisotopic (exact) mass is 376 g/mol. The molecule has 0 aliphatic carbocycles. The van der Waals surface area contributed by atoms with Crippen LogP contribution in [0, 0.1) is 12.8 Å². The van der Waals surface area contributed by atoms with Crippen molar-refractivity contribution in [2.45, 2.75) is 33.2 Å². The third-order valence-corrected chi connectivity index (χ3v) is 4.25. The van der Waals surface area contributed by atoms with Gasteiger partial charge in [0.2, 0.25) is 5.91 Å². The SMILES string of the molecule is CC[C@H](C)[C@H](N)C(=O)Nc1c(Br)cc(C)cc1Br. The van der Waals surface area contributed by atoms with Crippen molar-refractivity contribution in [2.75, 3.05) is 5.32 Å². The minimum atomic E-state index is -0.491. The van der Waals surface area contributed by atoms with Gasteiger partial charge in [-0.2, -0.15) is 0 Å². The summed E-state index contributed by atoms with van der Waals surface area (Å²) in [5.41, 5.74) is 7.74. The van der Waals surface area contributed by atoms with E-state index in [9.17, 15) is 4.79 Å². The van der Waals surface area contributed by atoms with Crippen LogP contribution < -0.4 is 11.1 Å². The molecule has 1 aromatic rings. The Bertz CT molecular complexity index is 426. The first-order valence-corrected chi connectivity index (χ1v) is 7.47. The molecule has 5 heteroatoms. The molecule has 1 aromatic carbocycles. The quantitative estimate of drug-likeness (QED) is 0.837. The molecule has 0 heterocycles. The lowest BCUT2D eigenvalue weighted by Crippen LogP contribution is -2.40. The van der Waals surface area contributed by atoms with E-state index < -0.39 is 6.04 Å². The highest BCUT2D eigenvalue weighted by molar-refractivity contribution is 9.11. The first kappa shape index (κ1) is 15.7. The minimum Gasteiger partial charge on any atom is -0.323 e. The normalized spacial score (nSPS) is 14.1. The number of nitrogens with two attached hydrogens (primary N) is 1. The van der Waals surface area contributed by atoms with Gasteiger partial charge in [-0.05, 0) is 62.4 Å². The maximum absolute atomic E-state index is 12.0. The molecule has 0 aliphatic rings. The van der Waals surface area contributed by atoms with Crippen molar-refractivity contribution in [1.29, 1.82) is 0 Å². The van der Waals surface area contributed by atoms with Crippen LogP contribution >= 0.6 is 31.9 Å². The summed E-state index contributed by atoms with van der Waals surface area (Å²) in [5.74, 6) is 0.00241. The van der Waals surface area contributed by atoms with Gasteiger partial charge in [-0.15, -0.1) is 0 Å². The average Bonchev–Trinajstić information content (AvgIpc) is 2.31. The van der Waals surface area contributed by atoms with Crippen molar-refractivity contribution in [3.8, 4) is 0 Å². The van der Waals surface area contributed by atoms with E-state index in [1.54, 1.807) is 0 Å². The summed E-state index contributed by atoms with van der Waals surface area (Å²) in [6.07, 6.45) is 0.880. The highest BCUT2D eigenvalue weighted by Gasteiger charge is 2.21. The Morgan fingerprint density at radius 3 is 2.33 bits per heavy atom. The Hall–Kier alpha value is -0.390. The number of aryl methyl sites for hydroxylation is 1. The minimum absolute atomic E-state index is 0.158. The highest BCUT2D eigenvalue weighted by atomic mass is 79.9. The summed E-state index contributed by atoms with van der Waals surface area (Å²) in [4.78, 5) is 12.0. The number of carbonyl (C=O) groups is 1. The van der Waals surface area contributed by atoms with Gasteiger partial charge in [-0.3, -0.25) is 4.79 Å². The lowest BCUT2D eigenvalue weighted by atomic mass is 9.99. The number of carbonyl (C=O) groups excluding carboxylic acids is 1. The van der Waals surface area contributed by atoms with E-state index in [2.05, 4.69) is 37.2 Å². The third-order valence-electron chi connectivity index (χ3n) is 2.99. The number of hydrogen-bond donors (Lipinski definition) is 2. The number of halogens is 2. The fraction of sp³-hybridized carbons (Fsp3) is 0.462. The second kappa shape index (κ2) is 6.68. The van der Waals surface area contributed by atoms with Crippen molar-refractivity contribution >= 4 is 43.5 Å². The Balaban J connectivity index is 2.89. The standard InChI is InChI=1S/C13H18Br2N2O/c1-4-8(3)11(16)13(18)17-12-9(14)5-7(2)6-10(12)15/h5-6,8,11H,4,16H2,1-3H3,(H,17,18)/t8-,11-/m0/s1. The zero-order valence-electron chi connectivity index (χ0n) is 10.8. The van der Waals surface area contributed by atoms with Gasteiger partial charge in [0.15, 0.2) is 0 Å². The van der Waals surface area contributed by atoms with Crippen LogP contribution in [0.15, 0.2) is 21.1 Å². The van der Waals surface area contributed by atoms with Gasteiger partial charge in [0.25, 0.3) is 0 Å². The van der Waals surface area contributed by atoms with Crippen molar-refractivity contribution in [1.82, 2.24) is 0 Å². The van der Waals surface area contributed by atoms with Crippen LogP contribution in [0.25, 0.3) is 0 Å². The molecule has 3 N–H and O–H groups in total. The number of hydrogen-bond acceptors (Lipinski definition) is 2. The van der Waals surface area contributed by atoms with Crippen molar-refractivity contribution in [2.24, 2.45) is 11.7 Å². The molecule has 0 unspecified atom stereocenters. The van der Waals surface area contributed by atoms with Crippen LogP contribution in [0.1, 0.15) is 25.8 Å². The topological polar surface area (TPSA) is 55.1 Å². The lowest BCUT2D eigenvalue weighted by Gasteiger charge is -2.19. The Morgan fingerprint density at radius 1 is 1.39 bits per heavy atom. The van der Waals surface area contributed by atoms with Crippen LogP contribution in [0.2, 0.25) is 0 Å². The van der Waals surface area contributed by atoms with Gasteiger partial charge in [-0.25, -0.2) is 0 Å². The summed E-state index contributed by atoms with van der Waals surface area (Å²) in [5, 5.41) is 2.86. The first-order valence-electron chi connectivity index (χ1n) is 5.88. The molecule has 0 fully saturated rings. The predicted molar refractivity (Wildman–Crippen MR) is 82.6 cm³/mol. The van der Waals surface area contributed by atoms with E-state index in [0.717, 1.165) is 26.6 Å². The molecule has 3 nitrogen and oxygen atoms in total. The van der Waals surface area contributed by atoms with E-state index in [-0.39, 0.29) is 11.8 Å². The van der Waals surface area contributed by atoms with E-state index >= 15 is 0 Å². The molecule has 0 radical (unpaired) electrons. The summed E-state index contributed by atoms with van der Waals surface area (Å²) in [7, 11) is 0. The Morgan fingerprint density at radius 2 is 1.89 bits per heavy atom. The fourth-order valence-corrected chi connectivity index (χ4v) is 3.15. The first-order chi connectivity index (χ1) is 8.36. The molecule has 18 heavy (non-hydrogen) atoms. The number of anilines is 1. The molecule has 1 amide bonds. The molecule has 0 spiro atoms. The van der Waals surface area contributed by atoms with Crippen molar-refractivity contribution in [3.05, 3.63) is 26.6 Å². The summed E-state index contributed by atoms with van der Waals surface area (Å²) >= 11 is 6.89. The van der Waals surface area contributed by atoms with Gasteiger partial charge >= 0.3 is 0 Å². The third kappa shape index (κ3) is 3.80. The van der Waals surface area contributed by atoms with Crippen LogP contribution in [-0.2, 0) is 4.79 Å². The van der Waals surface area contributed by atoms with E-state index in [1.807, 2.05) is 32.9 Å². The zero-order valence-corrected chi connectivity index (χ0v) is 13.9. The van der Waals surface area contributed by atoms with Crippen molar-refractivity contribution < 1.29 is 4.79 Å². The maximum Gasteiger partial charge on any atom is 0.241 e. The molecule has 0 bridgehead atoms. The molecule has 2 atom stereocenters. The fourth-order valence-electron chi connectivity index (χ4n) is 1.54. The Labute approximate surface area is 125 Å². The summed E-state index contributed by atoms with van der Waals surface area (Å²) < 4.78 is 1.69. The van der Waals surface area contributed by atoms with Crippen LogP contribution in [0.5, 0.6) is 0 Å². The predicted octanol–water partition coefficient (Wildman–Crippen LogP) is 3.83. The largest absolute Gasteiger partial charge is 0.323 e. The number of benzene rings is 1. The van der Waals surface area contributed by atoms with Gasteiger partial charge in [0.05, 0.1) is 11.7 Å². The lowest BCUT2D eigenvalue weighted by molar-refractivity contribution is -0.118. The van der Waals surface area contributed by atoms with Crippen LogP contribution in [-0.4, -0.2) is 11.9 Å². The maximum atomic E-state index is 12.0. The van der Waals surface area contributed by atoms with Gasteiger partial charge in [-0.1, -0.05) is 20.3 Å². The average molecular weight is 378 g/mol. The molecule has 0 aliphatic heterocycles. The smallest absolute Gasteiger partial charge is 0.241 e. The number of rotatable bonds is 4. The van der Waals surface area contributed by atoms with Crippen LogP contribution in [0.4, 0.5) is 5.69 Å². The molecule has 0 saturated heterocycles. The van der Waals surface area contributed by atoms with Gasteiger partial charge in [0, 0.05) is 8.95 Å². The van der Waals surface area contributed by atoms with E-state index in [0.29, 0.717) is 0 Å². The molecule has 100 valence electrons. The highest BCUT2D eigenvalue weighted by Crippen LogP contribution is 2.32. The molecular formula is C13H18Br2N2O. The second-order valence-electron chi connectivity index (χ2n) is 4.50. The summed E-state index contributed by atoms with van der Waals surface area (Å²) in [6, 6.07) is 3.42. The van der Waals surface area contributed by atoms with E-state index in [4.69, 9.17) is 5.73 Å². The van der Waals surface area contributed by atoms with Gasteiger partial charge < -0.3 is 11.1 Å². The number of amides is 1. The number of nitrogens with one attached hydrogen (secondary N) is 1. The second-order valence-corrected chi connectivity index (χ2v) is 6.21.